The minimum Gasteiger partial charge on any atom is -0.463 e. The average molecular weight is 389 g/mol. The van der Waals surface area contributed by atoms with Gasteiger partial charge in [0.25, 0.3) is 0 Å². The molecule has 1 aliphatic heterocycles. The topological polar surface area (TPSA) is 126 Å². The first-order chi connectivity index (χ1) is 12.5. The molecular formula is C17H27NO9. The summed E-state index contributed by atoms with van der Waals surface area (Å²) in [6, 6.07) is -0.938. The third kappa shape index (κ3) is 7.51. The van der Waals surface area contributed by atoms with Crippen molar-refractivity contribution in [1.82, 2.24) is 5.32 Å². The van der Waals surface area contributed by atoms with Crippen LogP contribution in [-0.4, -0.2) is 67.2 Å². The smallest absolute Gasteiger partial charge is 0.303 e. The first-order valence-corrected chi connectivity index (χ1v) is 8.57. The van der Waals surface area contributed by atoms with Gasteiger partial charge in [-0.3, -0.25) is 19.2 Å². The van der Waals surface area contributed by atoms with Gasteiger partial charge in [-0.1, -0.05) is 0 Å². The Morgan fingerprint density at radius 3 is 1.93 bits per heavy atom. The lowest BCUT2D eigenvalue weighted by Gasteiger charge is -2.45. The van der Waals surface area contributed by atoms with Crippen molar-refractivity contribution >= 4 is 23.8 Å². The molecule has 5 atom stereocenters. The average Bonchev–Trinajstić information content (AvgIpc) is 2.49. The standard InChI is InChI=1S/C17H27NO9/c1-8(2)24-17-14(18-9(3)19)16(26-12(6)22)15(25-11(5)21)13(27-17)7-23-10(4)20/h8,13-17H,7H2,1-6H3,(H,18,19)/t13?,14-,15+,16+,17+/m0/s1. The normalized spacial score (nSPS) is 27.6. The van der Waals surface area contributed by atoms with Crippen molar-refractivity contribution in [3.05, 3.63) is 0 Å². The van der Waals surface area contributed by atoms with Gasteiger partial charge < -0.3 is 29.0 Å². The summed E-state index contributed by atoms with van der Waals surface area (Å²) in [6.45, 7) is 8.12. The molecule has 27 heavy (non-hydrogen) atoms. The van der Waals surface area contributed by atoms with Crippen LogP contribution in [0.15, 0.2) is 0 Å². The third-order valence-electron chi connectivity index (χ3n) is 3.48. The lowest BCUT2D eigenvalue weighted by atomic mass is 9.96. The van der Waals surface area contributed by atoms with E-state index in [4.69, 9.17) is 23.7 Å². The highest BCUT2D eigenvalue weighted by atomic mass is 16.7. The Hall–Kier alpha value is -2.20. The fourth-order valence-corrected chi connectivity index (χ4v) is 2.68. The summed E-state index contributed by atoms with van der Waals surface area (Å²) in [4.78, 5) is 46.0. The quantitative estimate of drug-likeness (QED) is 0.475. The maximum Gasteiger partial charge on any atom is 0.303 e. The summed E-state index contributed by atoms with van der Waals surface area (Å²) in [5, 5.41) is 2.62. The van der Waals surface area contributed by atoms with Crippen LogP contribution in [-0.2, 0) is 42.9 Å². The number of carbonyl (C=O) groups is 4. The second-order valence-electron chi connectivity index (χ2n) is 6.40. The van der Waals surface area contributed by atoms with Gasteiger partial charge in [0.1, 0.15) is 18.8 Å². The first kappa shape index (κ1) is 22.8. The van der Waals surface area contributed by atoms with E-state index in [0.717, 1.165) is 0 Å². The van der Waals surface area contributed by atoms with Crippen LogP contribution < -0.4 is 5.32 Å². The molecule has 0 aliphatic carbocycles. The molecule has 1 amide bonds. The van der Waals surface area contributed by atoms with Gasteiger partial charge in [0.05, 0.1) is 6.10 Å². The molecular weight excluding hydrogens is 362 g/mol. The lowest BCUT2D eigenvalue weighted by Crippen LogP contribution is -2.66. The molecule has 0 bridgehead atoms. The number of rotatable bonds is 7. The summed E-state index contributed by atoms with van der Waals surface area (Å²) < 4.78 is 27.1. The molecule has 0 saturated carbocycles. The number of amides is 1. The summed E-state index contributed by atoms with van der Waals surface area (Å²) in [5.74, 6) is -2.28. The van der Waals surface area contributed by atoms with Gasteiger partial charge in [0, 0.05) is 27.7 Å². The van der Waals surface area contributed by atoms with Gasteiger partial charge >= 0.3 is 17.9 Å². The largest absolute Gasteiger partial charge is 0.463 e. The second kappa shape index (κ2) is 10.2. The van der Waals surface area contributed by atoms with Crippen LogP contribution in [0.25, 0.3) is 0 Å². The van der Waals surface area contributed by atoms with Gasteiger partial charge in [0.15, 0.2) is 18.5 Å². The highest BCUT2D eigenvalue weighted by Gasteiger charge is 2.51. The van der Waals surface area contributed by atoms with Crippen LogP contribution in [0.1, 0.15) is 41.5 Å². The summed E-state index contributed by atoms with van der Waals surface area (Å²) in [6.07, 6.45) is -4.49. The van der Waals surface area contributed by atoms with E-state index in [9.17, 15) is 19.2 Å². The number of hydrogen-bond acceptors (Lipinski definition) is 9. The van der Waals surface area contributed by atoms with E-state index in [-0.39, 0.29) is 12.7 Å². The minimum atomic E-state index is -1.12. The lowest BCUT2D eigenvalue weighted by molar-refractivity contribution is -0.285. The van der Waals surface area contributed by atoms with E-state index in [0.29, 0.717) is 0 Å². The predicted molar refractivity (Wildman–Crippen MR) is 90.2 cm³/mol. The van der Waals surface area contributed by atoms with Gasteiger partial charge in [-0.2, -0.15) is 0 Å². The Labute approximate surface area is 157 Å². The van der Waals surface area contributed by atoms with Crippen molar-refractivity contribution < 1.29 is 42.9 Å². The van der Waals surface area contributed by atoms with Crippen molar-refractivity contribution in [1.29, 1.82) is 0 Å². The molecule has 0 aromatic rings. The zero-order chi connectivity index (χ0) is 20.7. The highest BCUT2D eigenvalue weighted by molar-refractivity contribution is 5.73. The Morgan fingerprint density at radius 2 is 1.48 bits per heavy atom. The molecule has 1 fully saturated rings. The molecule has 1 N–H and O–H groups in total. The van der Waals surface area contributed by atoms with E-state index in [2.05, 4.69) is 5.32 Å². The number of carbonyl (C=O) groups excluding carboxylic acids is 4. The van der Waals surface area contributed by atoms with E-state index >= 15 is 0 Å². The second-order valence-corrected chi connectivity index (χ2v) is 6.40. The van der Waals surface area contributed by atoms with Crippen molar-refractivity contribution in [2.24, 2.45) is 0 Å². The van der Waals surface area contributed by atoms with Crippen LogP contribution >= 0.6 is 0 Å². The van der Waals surface area contributed by atoms with Gasteiger partial charge in [-0.15, -0.1) is 0 Å². The van der Waals surface area contributed by atoms with Gasteiger partial charge in [0.2, 0.25) is 5.91 Å². The Bertz CT molecular complexity index is 563. The number of hydrogen-bond donors (Lipinski definition) is 1. The van der Waals surface area contributed by atoms with E-state index in [1.54, 1.807) is 13.8 Å². The molecule has 0 aromatic carbocycles. The molecule has 154 valence electrons. The molecule has 0 radical (unpaired) electrons. The molecule has 10 nitrogen and oxygen atoms in total. The SMILES string of the molecule is CC(=O)N[C@@H]1[C@H](OC(C)C)OC(COC(C)=O)[C@@H](OC(C)=O)[C@@H]1OC(C)=O. The number of esters is 3. The van der Waals surface area contributed by atoms with Crippen LogP contribution in [0.3, 0.4) is 0 Å². The Balaban J connectivity index is 3.27. The molecule has 0 aromatic heterocycles. The van der Waals surface area contributed by atoms with E-state index in [1.807, 2.05) is 0 Å². The zero-order valence-corrected chi connectivity index (χ0v) is 16.3. The molecule has 0 spiro atoms. The van der Waals surface area contributed by atoms with Crippen LogP contribution in [0.4, 0.5) is 0 Å². The zero-order valence-electron chi connectivity index (χ0n) is 16.3. The van der Waals surface area contributed by atoms with Crippen molar-refractivity contribution in [2.45, 2.75) is 78.3 Å². The fraction of sp³-hybridized carbons (Fsp3) is 0.765. The summed E-state index contributed by atoms with van der Waals surface area (Å²) in [5.41, 5.74) is 0. The minimum absolute atomic E-state index is 0.254. The molecule has 1 saturated heterocycles. The number of ether oxygens (including phenoxy) is 5. The van der Waals surface area contributed by atoms with Gasteiger partial charge in [-0.25, -0.2) is 0 Å². The number of nitrogens with one attached hydrogen (secondary N) is 1. The molecule has 1 aliphatic rings. The highest BCUT2D eigenvalue weighted by Crippen LogP contribution is 2.28. The van der Waals surface area contributed by atoms with Crippen molar-refractivity contribution in [3.8, 4) is 0 Å². The fourth-order valence-electron chi connectivity index (χ4n) is 2.68. The maximum absolute atomic E-state index is 11.7. The molecule has 1 heterocycles. The monoisotopic (exact) mass is 389 g/mol. The van der Waals surface area contributed by atoms with Crippen LogP contribution in [0, 0.1) is 0 Å². The van der Waals surface area contributed by atoms with E-state index < -0.39 is 54.5 Å². The Morgan fingerprint density at radius 1 is 0.926 bits per heavy atom. The predicted octanol–water partition coefficient (Wildman–Crippen LogP) is 0.0675. The maximum atomic E-state index is 11.7. The molecule has 1 unspecified atom stereocenters. The van der Waals surface area contributed by atoms with Crippen molar-refractivity contribution in [3.63, 3.8) is 0 Å². The van der Waals surface area contributed by atoms with Crippen molar-refractivity contribution in [2.75, 3.05) is 6.61 Å². The molecule has 1 rings (SSSR count). The Kier molecular flexibility index (Phi) is 8.64. The van der Waals surface area contributed by atoms with Crippen LogP contribution in [0.5, 0.6) is 0 Å². The molecule has 10 heteroatoms. The summed E-state index contributed by atoms with van der Waals surface area (Å²) >= 11 is 0. The third-order valence-corrected chi connectivity index (χ3v) is 3.48. The van der Waals surface area contributed by atoms with Gasteiger partial charge in [-0.05, 0) is 13.8 Å². The van der Waals surface area contributed by atoms with Crippen LogP contribution in [0.2, 0.25) is 0 Å². The van der Waals surface area contributed by atoms with E-state index in [1.165, 1.54) is 27.7 Å². The first-order valence-electron chi connectivity index (χ1n) is 8.57. The summed E-state index contributed by atoms with van der Waals surface area (Å²) in [7, 11) is 0.